The lowest BCUT2D eigenvalue weighted by atomic mass is 9.97. The average Bonchev–Trinajstić information content (AvgIpc) is 2.42. The number of nitrogens with zero attached hydrogens (tertiary/aromatic N) is 2. The van der Waals surface area contributed by atoms with Crippen LogP contribution in [-0.4, -0.2) is 29.7 Å². The molecule has 0 saturated heterocycles. The Bertz CT molecular complexity index is 510. The van der Waals surface area contributed by atoms with Crippen LogP contribution in [0.5, 0.6) is 0 Å². The van der Waals surface area contributed by atoms with Gasteiger partial charge in [-0.15, -0.1) is 4.91 Å². The van der Waals surface area contributed by atoms with Crippen molar-refractivity contribution in [3.63, 3.8) is 0 Å². The smallest absolute Gasteiger partial charge is 0.410 e. The zero-order valence-electron chi connectivity index (χ0n) is 12.9. The Morgan fingerprint density at radius 1 is 1.48 bits per heavy atom. The minimum absolute atomic E-state index is 0.173. The van der Waals surface area contributed by atoms with Crippen molar-refractivity contribution in [3.8, 4) is 0 Å². The van der Waals surface area contributed by atoms with Gasteiger partial charge in [0.2, 0.25) is 0 Å². The van der Waals surface area contributed by atoms with Gasteiger partial charge in [0.05, 0.1) is 0 Å². The summed E-state index contributed by atoms with van der Waals surface area (Å²) in [6, 6.07) is 0. The van der Waals surface area contributed by atoms with Gasteiger partial charge in [0.1, 0.15) is 11.3 Å². The number of hydrogen-bond donors (Lipinski definition) is 0. The maximum Gasteiger partial charge on any atom is 0.410 e. The number of ether oxygens (including phenoxy) is 1. The van der Waals surface area contributed by atoms with Gasteiger partial charge in [-0.3, -0.25) is 0 Å². The Kier molecular flexibility index (Phi) is 5.64. The Labute approximate surface area is 125 Å². The molecule has 1 amide bonds. The van der Waals surface area contributed by atoms with Gasteiger partial charge in [-0.1, -0.05) is 31.4 Å². The number of carbonyl (C=O) groups excluding carboxylic acids is 1. The molecule has 1 heterocycles. The van der Waals surface area contributed by atoms with Gasteiger partial charge in [0.25, 0.3) is 0 Å². The van der Waals surface area contributed by atoms with Crippen LogP contribution in [0.2, 0.25) is 0 Å². The third-order valence-corrected chi connectivity index (χ3v) is 2.91. The first-order valence-corrected chi connectivity index (χ1v) is 6.81. The second-order valence-electron chi connectivity index (χ2n) is 5.76. The molecule has 5 nitrogen and oxygen atoms in total. The van der Waals surface area contributed by atoms with E-state index < -0.39 is 5.60 Å². The normalized spacial score (nSPS) is 16.0. The van der Waals surface area contributed by atoms with E-state index in [-0.39, 0.29) is 11.8 Å². The van der Waals surface area contributed by atoms with Crippen LogP contribution >= 0.6 is 0 Å². The molecule has 0 spiro atoms. The number of hydrogen-bond acceptors (Lipinski definition) is 4. The average molecular weight is 290 g/mol. The highest BCUT2D eigenvalue weighted by atomic mass is 16.6. The molecule has 0 N–H and O–H groups in total. The van der Waals surface area contributed by atoms with E-state index in [1.165, 1.54) is 0 Å². The van der Waals surface area contributed by atoms with Gasteiger partial charge in [0, 0.05) is 18.7 Å². The van der Waals surface area contributed by atoms with Crippen molar-refractivity contribution in [2.24, 2.45) is 5.18 Å². The third kappa shape index (κ3) is 5.02. The predicted molar refractivity (Wildman–Crippen MR) is 83.7 cm³/mol. The van der Waals surface area contributed by atoms with Crippen molar-refractivity contribution < 1.29 is 9.53 Å². The second-order valence-corrected chi connectivity index (χ2v) is 5.76. The van der Waals surface area contributed by atoms with Crippen LogP contribution < -0.4 is 0 Å². The summed E-state index contributed by atoms with van der Waals surface area (Å²) in [6.45, 7) is 13.7. The second kappa shape index (κ2) is 7.02. The van der Waals surface area contributed by atoms with Gasteiger partial charge < -0.3 is 9.64 Å². The van der Waals surface area contributed by atoms with Gasteiger partial charge in [-0.2, -0.15) is 0 Å². The van der Waals surface area contributed by atoms with E-state index in [0.717, 1.165) is 5.57 Å². The fourth-order valence-corrected chi connectivity index (χ4v) is 1.96. The predicted octanol–water partition coefficient (Wildman–Crippen LogP) is 3.95. The highest BCUT2D eigenvalue weighted by molar-refractivity contribution is 5.69. The molecule has 0 aromatic carbocycles. The number of amides is 1. The molecule has 0 atom stereocenters. The molecule has 114 valence electrons. The molecular formula is C16H22N2O3. The van der Waals surface area contributed by atoms with Crippen LogP contribution in [0.25, 0.3) is 0 Å². The molecule has 0 saturated carbocycles. The van der Waals surface area contributed by atoms with E-state index >= 15 is 0 Å². The van der Waals surface area contributed by atoms with Crippen molar-refractivity contribution >= 4 is 6.09 Å². The molecule has 1 aliphatic heterocycles. The van der Waals surface area contributed by atoms with Gasteiger partial charge in [0.15, 0.2) is 0 Å². The van der Waals surface area contributed by atoms with Crippen LogP contribution in [0.4, 0.5) is 4.79 Å². The third-order valence-electron chi connectivity index (χ3n) is 2.91. The van der Waals surface area contributed by atoms with Crippen molar-refractivity contribution in [3.05, 3.63) is 53.1 Å². The van der Waals surface area contributed by atoms with Crippen molar-refractivity contribution in [1.29, 1.82) is 0 Å². The number of allylic oxidation sites excluding steroid dienone is 3. The van der Waals surface area contributed by atoms with E-state index in [1.807, 2.05) is 26.8 Å². The topological polar surface area (TPSA) is 59.0 Å². The molecular weight excluding hydrogens is 268 g/mol. The van der Waals surface area contributed by atoms with E-state index in [9.17, 15) is 9.70 Å². The van der Waals surface area contributed by atoms with Crippen LogP contribution in [0.1, 0.15) is 27.2 Å². The Morgan fingerprint density at radius 3 is 2.57 bits per heavy atom. The molecule has 0 unspecified atom stereocenters. The van der Waals surface area contributed by atoms with Crippen LogP contribution in [0.3, 0.4) is 0 Å². The summed E-state index contributed by atoms with van der Waals surface area (Å²) in [7, 11) is 0. The quantitative estimate of drug-likeness (QED) is 0.582. The Morgan fingerprint density at radius 2 is 2.14 bits per heavy atom. The minimum atomic E-state index is -0.509. The lowest BCUT2D eigenvalue weighted by Crippen LogP contribution is -2.39. The molecule has 0 aromatic heterocycles. The van der Waals surface area contributed by atoms with Crippen molar-refractivity contribution in [2.75, 3.05) is 13.1 Å². The number of nitroso groups, excluding NO2 is 1. The van der Waals surface area contributed by atoms with Crippen LogP contribution in [0, 0.1) is 4.91 Å². The summed E-state index contributed by atoms with van der Waals surface area (Å²) in [5.41, 5.74) is 1.28. The molecule has 0 aromatic rings. The molecule has 5 heteroatoms. The van der Waals surface area contributed by atoms with E-state index in [2.05, 4.69) is 18.3 Å². The lowest BCUT2D eigenvalue weighted by molar-refractivity contribution is 0.0266. The molecule has 21 heavy (non-hydrogen) atoms. The molecule has 0 bridgehead atoms. The fraction of sp³-hybridized carbons (Fsp3) is 0.438. The largest absolute Gasteiger partial charge is 0.444 e. The standard InChI is InChI=1S/C16H22N2O3/c1-6-7-14(12(2)17-20)13-8-10-18(11-9-13)15(19)21-16(3,4)5/h6-8H,1-2,9-11H2,3-5H3. The van der Waals surface area contributed by atoms with Crippen molar-refractivity contribution in [2.45, 2.75) is 32.8 Å². The highest BCUT2D eigenvalue weighted by Gasteiger charge is 2.24. The molecule has 0 fully saturated rings. The monoisotopic (exact) mass is 290 g/mol. The maximum absolute atomic E-state index is 12.0. The van der Waals surface area contributed by atoms with Crippen molar-refractivity contribution in [1.82, 2.24) is 4.90 Å². The summed E-state index contributed by atoms with van der Waals surface area (Å²) in [6.07, 6.45) is 5.47. The number of rotatable bonds is 4. The molecule has 1 aliphatic rings. The Balaban J connectivity index is 2.79. The first kappa shape index (κ1) is 16.9. The first-order valence-electron chi connectivity index (χ1n) is 6.81. The summed E-state index contributed by atoms with van der Waals surface area (Å²) in [5.74, 6) is 0. The molecule has 0 radical (unpaired) electrons. The van der Waals surface area contributed by atoms with E-state index in [4.69, 9.17) is 4.74 Å². The summed E-state index contributed by atoms with van der Waals surface area (Å²) >= 11 is 0. The van der Waals surface area contributed by atoms with Gasteiger partial charge in [-0.05, 0) is 37.9 Å². The SMILES string of the molecule is C=CC=C(C(=C)N=O)C1=CCN(C(=O)OC(C)(C)C)CC1. The van der Waals surface area contributed by atoms with E-state index in [0.29, 0.717) is 25.1 Å². The highest BCUT2D eigenvalue weighted by Crippen LogP contribution is 2.25. The summed E-state index contributed by atoms with van der Waals surface area (Å²) in [4.78, 5) is 24.2. The summed E-state index contributed by atoms with van der Waals surface area (Å²) < 4.78 is 5.33. The van der Waals surface area contributed by atoms with E-state index in [1.54, 1.807) is 17.1 Å². The maximum atomic E-state index is 12.0. The van der Waals surface area contributed by atoms with Crippen LogP contribution in [0.15, 0.2) is 53.4 Å². The zero-order valence-corrected chi connectivity index (χ0v) is 12.9. The summed E-state index contributed by atoms with van der Waals surface area (Å²) in [5, 5.41) is 2.88. The molecule has 0 aliphatic carbocycles. The van der Waals surface area contributed by atoms with Gasteiger partial charge in [-0.25, -0.2) is 4.79 Å². The number of carbonyl (C=O) groups is 1. The lowest BCUT2D eigenvalue weighted by Gasteiger charge is -2.30. The first-order chi connectivity index (χ1) is 9.78. The fourth-order valence-electron chi connectivity index (χ4n) is 1.96. The molecule has 1 rings (SSSR count). The Hall–Kier alpha value is -2.17. The minimum Gasteiger partial charge on any atom is -0.444 e. The zero-order chi connectivity index (χ0) is 16.0. The van der Waals surface area contributed by atoms with Crippen LogP contribution in [-0.2, 0) is 4.74 Å². The van der Waals surface area contributed by atoms with Gasteiger partial charge >= 0.3 is 6.09 Å².